The van der Waals surface area contributed by atoms with Crippen LogP contribution in [-0.2, 0) is 19.4 Å². The molecule has 0 saturated carbocycles. The monoisotopic (exact) mass is 380 g/mol. The molecule has 4 nitrogen and oxygen atoms in total. The van der Waals surface area contributed by atoms with Crippen LogP contribution in [0.25, 0.3) is 10.9 Å². The number of carbonyl (C=O) groups excluding carboxylic acids is 1. The Balaban J connectivity index is 0.000000878. The molecule has 3 rings (SSSR count). The number of benzene rings is 1. The van der Waals surface area contributed by atoms with Gasteiger partial charge in [0.15, 0.2) is 5.78 Å². The second kappa shape index (κ2) is 10.2. The number of nitrogens with zero attached hydrogens (tertiary/aromatic N) is 2. The summed E-state index contributed by atoms with van der Waals surface area (Å²) in [6, 6.07) is 10.6. The van der Waals surface area contributed by atoms with Gasteiger partial charge in [-0.25, -0.2) is 0 Å². The van der Waals surface area contributed by atoms with E-state index in [0.29, 0.717) is 0 Å². The molecular formula is C24H32N2O2. The highest BCUT2D eigenvalue weighted by molar-refractivity contribution is 6.08. The Labute approximate surface area is 168 Å². The Kier molecular flexibility index (Phi) is 7.94. The summed E-state index contributed by atoms with van der Waals surface area (Å²) in [7, 11) is 0. The van der Waals surface area contributed by atoms with E-state index in [1.165, 1.54) is 22.3 Å². The first-order chi connectivity index (χ1) is 13.4. The topological polar surface area (TPSA) is 55.1 Å². The molecule has 2 heterocycles. The standard InChI is InChI=1S/C22H26N2O.C2H6O/c1-5-6-21-22(17(4)25)19-13-15(2)7-10-20(19)24(21)12-11-18-9-8-16(3)23-14-18;1-2-3/h7-10,13-14H,5-6,11-12H2,1-4H3;3H,2H2,1H3. The fourth-order valence-corrected chi connectivity index (χ4v) is 3.55. The third-order valence-electron chi connectivity index (χ3n) is 4.76. The number of aromatic nitrogens is 2. The Bertz CT molecular complexity index is 924. The van der Waals surface area contributed by atoms with Gasteiger partial charge in [0.25, 0.3) is 0 Å². The molecule has 28 heavy (non-hydrogen) atoms. The quantitative estimate of drug-likeness (QED) is 0.609. The summed E-state index contributed by atoms with van der Waals surface area (Å²) < 4.78 is 2.34. The van der Waals surface area contributed by atoms with E-state index in [2.05, 4.69) is 53.7 Å². The van der Waals surface area contributed by atoms with Crippen LogP contribution in [0.5, 0.6) is 0 Å². The summed E-state index contributed by atoms with van der Waals surface area (Å²) >= 11 is 0. The normalized spacial score (nSPS) is 10.6. The smallest absolute Gasteiger partial charge is 0.162 e. The van der Waals surface area contributed by atoms with Gasteiger partial charge in [-0.2, -0.15) is 0 Å². The van der Waals surface area contributed by atoms with Gasteiger partial charge in [0.2, 0.25) is 0 Å². The molecule has 0 aliphatic rings. The molecule has 2 aromatic heterocycles. The van der Waals surface area contributed by atoms with Crippen LogP contribution in [0.4, 0.5) is 0 Å². The number of carbonyl (C=O) groups is 1. The Morgan fingerprint density at radius 2 is 1.82 bits per heavy atom. The third kappa shape index (κ3) is 5.08. The number of aliphatic hydroxyl groups excluding tert-OH is 1. The fraction of sp³-hybridized carbons (Fsp3) is 0.417. The molecule has 0 unspecified atom stereocenters. The maximum Gasteiger partial charge on any atom is 0.162 e. The molecule has 0 atom stereocenters. The lowest BCUT2D eigenvalue weighted by molar-refractivity contribution is 0.101. The van der Waals surface area contributed by atoms with E-state index in [-0.39, 0.29) is 12.4 Å². The van der Waals surface area contributed by atoms with Gasteiger partial charge < -0.3 is 9.67 Å². The van der Waals surface area contributed by atoms with Crippen molar-refractivity contribution in [2.75, 3.05) is 6.61 Å². The van der Waals surface area contributed by atoms with E-state index in [1.54, 1.807) is 13.8 Å². The van der Waals surface area contributed by atoms with Crippen LogP contribution < -0.4 is 0 Å². The van der Waals surface area contributed by atoms with Crippen molar-refractivity contribution in [1.29, 1.82) is 0 Å². The minimum atomic E-state index is 0.162. The van der Waals surface area contributed by atoms with Crippen LogP contribution in [0.1, 0.15) is 60.1 Å². The molecule has 0 aliphatic carbocycles. The second-order valence-electron chi connectivity index (χ2n) is 7.17. The first-order valence-corrected chi connectivity index (χ1v) is 10.1. The number of Topliss-reactive ketones (excluding diaryl/α,β-unsaturated/α-hetero) is 1. The van der Waals surface area contributed by atoms with Gasteiger partial charge in [0, 0.05) is 47.2 Å². The number of pyridine rings is 1. The summed E-state index contributed by atoms with van der Waals surface area (Å²) in [4.78, 5) is 16.8. The zero-order valence-corrected chi connectivity index (χ0v) is 17.7. The number of rotatable bonds is 6. The molecule has 0 fully saturated rings. The highest BCUT2D eigenvalue weighted by Crippen LogP contribution is 2.29. The largest absolute Gasteiger partial charge is 0.397 e. The predicted molar refractivity (Wildman–Crippen MR) is 116 cm³/mol. The summed E-state index contributed by atoms with van der Waals surface area (Å²) in [6.07, 6.45) is 4.83. The van der Waals surface area contributed by atoms with Crippen molar-refractivity contribution in [2.45, 2.75) is 60.4 Å². The van der Waals surface area contributed by atoms with Crippen molar-refractivity contribution < 1.29 is 9.90 Å². The number of fused-ring (bicyclic) bond motifs is 1. The second-order valence-corrected chi connectivity index (χ2v) is 7.17. The van der Waals surface area contributed by atoms with E-state index in [0.717, 1.165) is 42.5 Å². The first kappa shape index (κ1) is 21.8. The van der Waals surface area contributed by atoms with Crippen LogP contribution in [0.3, 0.4) is 0 Å². The van der Waals surface area contributed by atoms with Crippen molar-refractivity contribution >= 4 is 16.7 Å². The van der Waals surface area contributed by atoms with Crippen LogP contribution in [0.2, 0.25) is 0 Å². The number of ketones is 1. The summed E-state index contributed by atoms with van der Waals surface area (Å²) in [6.45, 7) is 10.7. The fourth-order valence-electron chi connectivity index (χ4n) is 3.55. The van der Waals surface area contributed by atoms with Crippen molar-refractivity contribution in [3.05, 3.63) is 64.6 Å². The van der Waals surface area contributed by atoms with Crippen molar-refractivity contribution in [3.63, 3.8) is 0 Å². The maximum absolute atomic E-state index is 12.4. The van der Waals surface area contributed by atoms with Gasteiger partial charge in [-0.3, -0.25) is 9.78 Å². The van der Waals surface area contributed by atoms with Gasteiger partial charge in [-0.1, -0.05) is 31.0 Å². The van der Waals surface area contributed by atoms with Crippen molar-refractivity contribution in [1.82, 2.24) is 9.55 Å². The minimum absolute atomic E-state index is 0.162. The summed E-state index contributed by atoms with van der Waals surface area (Å²) in [5.74, 6) is 0.162. The van der Waals surface area contributed by atoms with Crippen LogP contribution in [0, 0.1) is 13.8 Å². The molecule has 0 radical (unpaired) electrons. The highest BCUT2D eigenvalue weighted by Gasteiger charge is 2.19. The zero-order chi connectivity index (χ0) is 20.7. The summed E-state index contributed by atoms with van der Waals surface area (Å²) in [5, 5.41) is 8.66. The van der Waals surface area contributed by atoms with Gasteiger partial charge in [0.1, 0.15) is 0 Å². The number of hydrogen-bond acceptors (Lipinski definition) is 3. The molecular weight excluding hydrogens is 348 g/mol. The molecule has 150 valence electrons. The SMILES string of the molecule is CCCc1c(C(C)=O)c2cc(C)ccc2n1CCc1ccc(C)nc1.CCO. The van der Waals surface area contributed by atoms with Crippen LogP contribution in [-0.4, -0.2) is 27.0 Å². The van der Waals surface area contributed by atoms with E-state index >= 15 is 0 Å². The summed E-state index contributed by atoms with van der Waals surface area (Å²) in [5.41, 5.74) is 6.71. The van der Waals surface area contributed by atoms with Crippen molar-refractivity contribution in [2.24, 2.45) is 0 Å². The molecule has 0 spiro atoms. The molecule has 1 N–H and O–H groups in total. The third-order valence-corrected chi connectivity index (χ3v) is 4.76. The molecule has 0 bridgehead atoms. The Morgan fingerprint density at radius 3 is 2.39 bits per heavy atom. The van der Waals surface area contributed by atoms with E-state index in [1.807, 2.05) is 13.1 Å². The molecule has 1 aromatic carbocycles. The number of aliphatic hydroxyl groups is 1. The lowest BCUT2D eigenvalue weighted by Crippen LogP contribution is -2.08. The van der Waals surface area contributed by atoms with Crippen LogP contribution >= 0.6 is 0 Å². The number of hydrogen-bond donors (Lipinski definition) is 1. The minimum Gasteiger partial charge on any atom is -0.397 e. The van der Waals surface area contributed by atoms with Crippen molar-refractivity contribution in [3.8, 4) is 0 Å². The molecule has 4 heteroatoms. The van der Waals surface area contributed by atoms with E-state index in [9.17, 15) is 4.79 Å². The predicted octanol–water partition coefficient (Wildman–Crippen LogP) is 5.05. The van der Waals surface area contributed by atoms with Crippen LogP contribution in [0.15, 0.2) is 36.5 Å². The lowest BCUT2D eigenvalue weighted by atomic mass is 10.0. The Morgan fingerprint density at radius 1 is 1.11 bits per heavy atom. The molecule has 0 aliphatic heterocycles. The highest BCUT2D eigenvalue weighted by atomic mass is 16.2. The Hall–Kier alpha value is -2.46. The first-order valence-electron chi connectivity index (χ1n) is 10.1. The van der Waals surface area contributed by atoms with Gasteiger partial charge >= 0.3 is 0 Å². The number of aryl methyl sites for hydroxylation is 4. The van der Waals surface area contributed by atoms with E-state index in [4.69, 9.17) is 5.11 Å². The molecule has 0 saturated heterocycles. The molecule has 0 amide bonds. The average Bonchev–Trinajstić information content (AvgIpc) is 2.95. The van der Waals surface area contributed by atoms with E-state index < -0.39 is 0 Å². The van der Waals surface area contributed by atoms with Gasteiger partial charge in [-0.05, 0) is 64.3 Å². The lowest BCUT2D eigenvalue weighted by Gasteiger charge is -2.11. The maximum atomic E-state index is 12.4. The zero-order valence-electron chi connectivity index (χ0n) is 17.7. The average molecular weight is 381 g/mol. The molecule has 3 aromatic rings. The van der Waals surface area contributed by atoms with Gasteiger partial charge in [-0.15, -0.1) is 0 Å². The van der Waals surface area contributed by atoms with Gasteiger partial charge in [0.05, 0.1) is 0 Å².